The number of aliphatic hydroxyl groups is 1. The van der Waals surface area contributed by atoms with Crippen molar-refractivity contribution < 1.29 is 29.0 Å². The van der Waals surface area contributed by atoms with E-state index in [-0.39, 0.29) is 41.8 Å². The molecule has 2 aliphatic heterocycles. The Bertz CT molecular complexity index is 1190. The first-order chi connectivity index (χ1) is 21.2. The van der Waals surface area contributed by atoms with Crippen LogP contribution in [0.25, 0.3) is 6.08 Å². The number of fused-ring (bicyclic) bond motifs is 1. The fraction of sp³-hybridized carbons (Fsp3) is 0.758. The minimum absolute atomic E-state index is 0.0282. The van der Waals surface area contributed by atoms with E-state index in [1.54, 1.807) is 53.7 Å². The van der Waals surface area contributed by atoms with Crippen LogP contribution in [-0.4, -0.2) is 75.9 Å². The molecule has 3 N–H and O–H groups in total. The summed E-state index contributed by atoms with van der Waals surface area (Å²) in [5.74, 6) is 0.459. The third-order valence-corrected chi connectivity index (χ3v) is 12.5. The molecule has 2 aliphatic rings. The van der Waals surface area contributed by atoms with Crippen LogP contribution < -0.4 is 10.6 Å². The monoisotopic (exact) mass is 683 g/mol. The van der Waals surface area contributed by atoms with Crippen molar-refractivity contribution in [1.82, 2.24) is 15.6 Å². The van der Waals surface area contributed by atoms with Gasteiger partial charge in [-0.3, -0.25) is 9.59 Å². The number of aliphatic hydroxyl groups excluding tert-OH is 1. The van der Waals surface area contributed by atoms with Crippen LogP contribution in [0.5, 0.6) is 0 Å². The molecule has 3 heterocycles. The van der Waals surface area contributed by atoms with Crippen molar-refractivity contribution in [3.05, 3.63) is 21.7 Å². The number of hydrogen-bond donors (Lipinski definition) is 3. The van der Waals surface area contributed by atoms with Crippen molar-refractivity contribution in [1.29, 1.82) is 0 Å². The zero-order chi connectivity index (χ0) is 33.4. The van der Waals surface area contributed by atoms with Gasteiger partial charge < -0.3 is 25.2 Å². The molecule has 2 fully saturated rings. The number of nitrogens with zero attached hydrogens (tertiary/aromatic N) is 1. The first-order valence-electron chi connectivity index (χ1n) is 16.2. The maximum absolute atomic E-state index is 13.9. The highest BCUT2D eigenvalue weighted by atomic mass is 33.1. The fourth-order valence-electron chi connectivity index (χ4n) is 5.96. The largest absolute Gasteiger partial charge is 0.445 e. The summed E-state index contributed by atoms with van der Waals surface area (Å²) in [5.41, 5.74) is 0.244. The summed E-state index contributed by atoms with van der Waals surface area (Å²) in [6.07, 6.45) is 3.37. The SMILES string of the molecule is CCCSSCCNC(=O)O[C@H]1[C@@H](C)CCC[C@@]2(C)O[C@H]2C[C@@H](C(C)=Cc2csc(C)n2)NC(=O)C[C@H](O)C(C)(C)C(=O)[C@@H]1C. The van der Waals surface area contributed by atoms with Crippen LogP contribution in [0.2, 0.25) is 0 Å². The summed E-state index contributed by atoms with van der Waals surface area (Å²) in [7, 11) is 3.49. The molecule has 3 rings (SSSR count). The van der Waals surface area contributed by atoms with Crippen molar-refractivity contribution >= 4 is 56.8 Å². The van der Waals surface area contributed by atoms with Crippen LogP contribution in [0.1, 0.15) is 97.7 Å². The molecule has 1 aromatic rings. The number of carbonyl (C=O) groups is 3. The lowest BCUT2D eigenvalue weighted by atomic mass is 9.72. The summed E-state index contributed by atoms with van der Waals surface area (Å²) in [6, 6.07) is -0.303. The number of ether oxygens (including phenoxy) is 2. The fourth-order valence-corrected chi connectivity index (χ4v) is 8.57. The van der Waals surface area contributed by atoms with Crippen molar-refractivity contribution in [3.8, 4) is 0 Å². The summed E-state index contributed by atoms with van der Waals surface area (Å²) in [4.78, 5) is 44.6. The van der Waals surface area contributed by atoms with Gasteiger partial charge in [-0.05, 0) is 57.6 Å². The Morgan fingerprint density at radius 3 is 2.64 bits per heavy atom. The Kier molecular flexibility index (Phi) is 14.3. The number of Topliss-reactive ketones (excluding diaryl/α,β-unsaturated/α-hetero) is 1. The smallest absolute Gasteiger partial charge is 0.407 e. The van der Waals surface area contributed by atoms with Gasteiger partial charge in [0.2, 0.25) is 5.91 Å². The first-order valence-corrected chi connectivity index (χ1v) is 19.5. The molecular formula is C33H53N3O6S3. The second kappa shape index (κ2) is 17.0. The molecule has 0 unspecified atom stereocenters. The lowest BCUT2D eigenvalue weighted by Gasteiger charge is -2.36. The molecule has 45 heavy (non-hydrogen) atoms. The Hall–Kier alpha value is -1.60. The highest BCUT2D eigenvalue weighted by Gasteiger charge is 2.52. The molecule has 2 saturated heterocycles. The van der Waals surface area contributed by atoms with E-state index in [2.05, 4.69) is 29.5 Å². The van der Waals surface area contributed by atoms with E-state index in [1.165, 1.54) is 0 Å². The van der Waals surface area contributed by atoms with E-state index in [1.807, 2.05) is 32.2 Å². The summed E-state index contributed by atoms with van der Waals surface area (Å²) in [5, 5.41) is 20.2. The number of aryl methyl sites for hydroxylation is 1. The third kappa shape index (κ3) is 11.0. The van der Waals surface area contributed by atoms with Crippen molar-refractivity contribution in [3.63, 3.8) is 0 Å². The van der Waals surface area contributed by atoms with Gasteiger partial charge in [0, 0.05) is 29.9 Å². The highest BCUT2D eigenvalue weighted by Crippen LogP contribution is 2.44. The zero-order valence-corrected chi connectivity index (χ0v) is 30.6. The average Bonchev–Trinajstić information content (AvgIpc) is 3.42. The van der Waals surface area contributed by atoms with Crippen molar-refractivity contribution in [2.75, 3.05) is 18.1 Å². The molecule has 0 aromatic carbocycles. The van der Waals surface area contributed by atoms with Gasteiger partial charge in [-0.15, -0.1) is 11.3 Å². The number of thiazole rings is 1. The number of carbonyl (C=O) groups excluding carboxylic acids is 3. The molecule has 12 heteroatoms. The van der Waals surface area contributed by atoms with Gasteiger partial charge in [-0.2, -0.15) is 0 Å². The second-order valence-corrected chi connectivity index (χ2v) is 17.1. The Balaban J connectivity index is 1.78. The summed E-state index contributed by atoms with van der Waals surface area (Å²) < 4.78 is 12.1. The average molecular weight is 684 g/mol. The first kappa shape index (κ1) is 37.9. The summed E-state index contributed by atoms with van der Waals surface area (Å²) in [6.45, 7) is 15.7. The van der Waals surface area contributed by atoms with Gasteiger partial charge >= 0.3 is 6.09 Å². The topological polar surface area (TPSA) is 130 Å². The van der Waals surface area contributed by atoms with E-state index in [0.717, 1.165) is 53.5 Å². The van der Waals surface area contributed by atoms with Crippen molar-refractivity contribution in [2.45, 2.75) is 124 Å². The van der Waals surface area contributed by atoms with Crippen LogP contribution in [0.3, 0.4) is 0 Å². The molecule has 254 valence electrons. The zero-order valence-electron chi connectivity index (χ0n) is 28.1. The van der Waals surface area contributed by atoms with E-state index in [9.17, 15) is 19.5 Å². The maximum Gasteiger partial charge on any atom is 0.407 e. The number of rotatable bonds is 9. The van der Waals surface area contributed by atoms with Gasteiger partial charge in [-0.1, -0.05) is 62.6 Å². The van der Waals surface area contributed by atoms with Gasteiger partial charge in [0.15, 0.2) is 0 Å². The predicted octanol–water partition coefficient (Wildman–Crippen LogP) is 6.58. The minimum atomic E-state index is -1.24. The number of aromatic nitrogens is 1. The molecule has 0 radical (unpaired) electrons. The van der Waals surface area contributed by atoms with Crippen LogP contribution >= 0.6 is 32.9 Å². The van der Waals surface area contributed by atoms with Gasteiger partial charge in [0.05, 0.1) is 52.3 Å². The maximum atomic E-state index is 13.9. The highest BCUT2D eigenvalue weighted by molar-refractivity contribution is 8.76. The van der Waals surface area contributed by atoms with Gasteiger partial charge in [0.25, 0.3) is 0 Å². The van der Waals surface area contributed by atoms with E-state index in [0.29, 0.717) is 13.0 Å². The van der Waals surface area contributed by atoms with E-state index in [4.69, 9.17) is 9.47 Å². The Morgan fingerprint density at radius 2 is 1.98 bits per heavy atom. The van der Waals surface area contributed by atoms with Crippen LogP contribution in [0.4, 0.5) is 4.79 Å². The number of nitrogens with one attached hydrogen (secondary N) is 2. The van der Waals surface area contributed by atoms with Crippen molar-refractivity contribution in [2.24, 2.45) is 17.3 Å². The molecule has 9 nitrogen and oxygen atoms in total. The Morgan fingerprint density at radius 1 is 1.27 bits per heavy atom. The molecule has 1 aromatic heterocycles. The lowest BCUT2D eigenvalue weighted by Crippen LogP contribution is -2.48. The molecule has 0 spiro atoms. The molecule has 2 amide bonds. The summed E-state index contributed by atoms with van der Waals surface area (Å²) >= 11 is 1.57. The van der Waals surface area contributed by atoms with Gasteiger partial charge in [0.1, 0.15) is 11.9 Å². The minimum Gasteiger partial charge on any atom is -0.445 e. The van der Waals surface area contributed by atoms with Crippen LogP contribution in [0, 0.1) is 24.2 Å². The number of alkyl carbamates (subject to hydrolysis) is 1. The molecule has 0 aliphatic carbocycles. The van der Waals surface area contributed by atoms with E-state index < -0.39 is 29.6 Å². The lowest BCUT2D eigenvalue weighted by molar-refractivity contribution is -0.143. The standard InChI is InChI=1S/C33H53N3O6S3/c1-9-14-44-45-15-13-34-31(40)41-29-20(2)11-10-12-33(8)27(42-33)17-25(21(3)16-24-19-43-23(5)35-24)36-28(38)18-26(37)32(6,7)30(39)22(29)4/h16,19-20,22,25-27,29,37H,9-15,17-18H2,1-8H3,(H,34,40)(H,36,38)/t20-,22+,25-,26-,27-,29-,33+/m0/s1. The number of ketones is 1. The second-order valence-electron chi connectivity index (χ2n) is 13.4. The molecule has 0 bridgehead atoms. The number of epoxide rings is 1. The van der Waals surface area contributed by atoms with Crippen LogP contribution in [0.15, 0.2) is 11.0 Å². The van der Waals surface area contributed by atoms with Gasteiger partial charge in [-0.25, -0.2) is 9.78 Å². The third-order valence-electron chi connectivity index (χ3n) is 9.10. The molecular weight excluding hydrogens is 631 g/mol. The quantitative estimate of drug-likeness (QED) is 0.150. The van der Waals surface area contributed by atoms with Crippen LogP contribution in [-0.2, 0) is 19.1 Å². The number of hydrogen-bond acceptors (Lipinski definition) is 10. The number of amides is 2. The van der Waals surface area contributed by atoms with E-state index >= 15 is 0 Å². The molecule has 7 atom stereocenters. The predicted molar refractivity (Wildman–Crippen MR) is 185 cm³/mol. The normalized spacial score (nSPS) is 31.5. The molecule has 0 saturated carbocycles. The Labute approximate surface area is 281 Å².